The molecule has 2 fully saturated rings. The smallest absolute Gasteiger partial charge is 0.326 e. The third-order valence-electron chi connectivity index (χ3n) is 9.10. The SMILES string of the molecule is O=C(COc1ccc([C@@H]2[C@@H](SCC(O)c3ccc(F)cc3)C(=O)N2c2ccc(F)cc2)cc1)NCC(=O)N[C@H](CCC1CCCCC1)C(=O)O. The zero-order valence-electron chi connectivity index (χ0n) is 27.4. The number of aliphatic hydroxyl groups is 1. The first-order valence-corrected chi connectivity index (χ1v) is 17.8. The predicted octanol–water partition coefficient (Wildman–Crippen LogP) is 5.31. The average Bonchev–Trinajstić information content (AvgIpc) is 3.12. The Kier molecular flexibility index (Phi) is 12.8. The molecule has 1 aliphatic heterocycles. The summed E-state index contributed by atoms with van der Waals surface area (Å²) in [6.45, 7) is -0.780. The van der Waals surface area contributed by atoms with Crippen molar-refractivity contribution in [1.82, 2.24) is 10.6 Å². The molecule has 4 N–H and O–H groups in total. The van der Waals surface area contributed by atoms with Gasteiger partial charge < -0.3 is 30.5 Å². The van der Waals surface area contributed by atoms with Gasteiger partial charge in [-0.3, -0.25) is 14.4 Å². The van der Waals surface area contributed by atoms with E-state index in [1.807, 2.05) is 0 Å². The summed E-state index contributed by atoms with van der Waals surface area (Å²) < 4.78 is 32.6. The van der Waals surface area contributed by atoms with Gasteiger partial charge >= 0.3 is 5.97 Å². The Bertz CT molecular complexity index is 1620. The van der Waals surface area contributed by atoms with Crippen LogP contribution in [0, 0.1) is 17.6 Å². The van der Waals surface area contributed by atoms with E-state index in [4.69, 9.17) is 4.74 Å². The maximum atomic E-state index is 13.6. The molecule has 3 amide bonds. The molecule has 10 nitrogen and oxygen atoms in total. The molecule has 266 valence electrons. The number of ether oxygens (including phenoxy) is 1. The van der Waals surface area contributed by atoms with E-state index in [1.165, 1.54) is 66.7 Å². The van der Waals surface area contributed by atoms with Crippen molar-refractivity contribution in [2.75, 3.05) is 23.8 Å². The Morgan fingerprint density at radius 2 is 1.54 bits per heavy atom. The fraction of sp³-hybridized carbons (Fsp3) is 0.405. The zero-order valence-corrected chi connectivity index (χ0v) is 28.2. The lowest BCUT2D eigenvalue weighted by Crippen LogP contribution is -2.57. The van der Waals surface area contributed by atoms with Gasteiger partial charge in [-0.05, 0) is 78.4 Å². The summed E-state index contributed by atoms with van der Waals surface area (Å²) in [7, 11) is 0. The highest BCUT2D eigenvalue weighted by Crippen LogP contribution is 2.46. The second-order valence-corrected chi connectivity index (χ2v) is 13.8. The van der Waals surface area contributed by atoms with E-state index in [9.17, 15) is 38.2 Å². The first-order valence-electron chi connectivity index (χ1n) is 16.7. The van der Waals surface area contributed by atoms with Gasteiger partial charge in [0.15, 0.2) is 6.61 Å². The molecule has 0 radical (unpaired) electrons. The molecule has 2 aliphatic rings. The van der Waals surface area contributed by atoms with Crippen LogP contribution < -0.4 is 20.3 Å². The number of carboxylic acids is 1. The molecule has 1 unspecified atom stereocenters. The van der Waals surface area contributed by atoms with E-state index in [2.05, 4.69) is 10.6 Å². The first-order chi connectivity index (χ1) is 24.1. The number of aliphatic hydroxyl groups excluding tert-OH is 1. The molecule has 1 saturated heterocycles. The number of rotatable bonds is 16. The molecule has 0 spiro atoms. The van der Waals surface area contributed by atoms with Crippen LogP contribution in [0.3, 0.4) is 0 Å². The lowest BCUT2D eigenvalue weighted by molar-refractivity contribution is -0.142. The first kappa shape index (κ1) is 36.8. The number of nitrogens with one attached hydrogen (secondary N) is 2. The van der Waals surface area contributed by atoms with Crippen LogP contribution in [-0.2, 0) is 19.2 Å². The number of hydrogen-bond donors (Lipinski definition) is 4. The highest BCUT2D eigenvalue weighted by molar-refractivity contribution is 8.00. The minimum absolute atomic E-state index is 0.182. The lowest BCUT2D eigenvalue weighted by atomic mass is 9.85. The summed E-state index contributed by atoms with van der Waals surface area (Å²) in [6, 6.07) is 16.4. The standard InChI is InChI=1S/C37H41F2N3O7S/c38-26-11-7-24(8-12-26)31(43)22-50-35-34(42(36(35)46)28-15-13-27(39)14-16-28)25-9-17-29(18-10-25)49-21-33(45)40-20-32(44)41-30(37(47)48)19-6-23-4-2-1-3-5-23/h7-18,23,30-31,34-35,43H,1-6,19-22H2,(H,40,45)(H,41,44)(H,47,48)/t30-,31?,34-,35-/m1/s1. The van der Waals surface area contributed by atoms with E-state index in [1.54, 1.807) is 29.2 Å². The van der Waals surface area contributed by atoms with Gasteiger partial charge in [0.25, 0.3) is 5.91 Å². The molecule has 1 heterocycles. The highest BCUT2D eigenvalue weighted by Gasteiger charge is 2.49. The van der Waals surface area contributed by atoms with E-state index < -0.39 is 59.4 Å². The quantitative estimate of drug-likeness (QED) is 0.147. The molecular weight excluding hydrogens is 668 g/mol. The van der Waals surface area contributed by atoms with Gasteiger partial charge in [-0.1, -0.05) is 56.4 Å². The molecule has 50 heavy (non-hydrogen) atoms. The predicted molar refractivity (Wildman–Crippen MR) is 185 cm³/mol. The summed E-state index contributed by atoms with van der Waals surface area (Å²) in [6.07, 6.45) is 5.82. The van der Waals surface area contributed by atoms with Gasteiger partial charge in [0.2, 0.25) is 11.8 Å². The highest BCUT2D eigenvalue weighted by atomic mass is 32.2. The molecule has 3 aromatic carbocycles. The Morgan fingerprint density at radius 1 is 0.900 bits per heavy atom. The van der Waals surface area contributed by atoms with Crippen molar-refractivity contribution in [3.8, 4) is 5.75 Å². The summed E-state index contributed by atoms with van der Waals surface area (Å²) in [5.74, 6) is -2.32. The number of benzene rings is 3. The zero-order chi connectivity index (χ0) is 35.6. The Labute approximate surface area is 293 Å². The molecule has 4 atom stereocenters. The minimum atomic E-state index is -1.10. The van der Waals surface area contributed by atoms with Gasteiger partial charge in [0.1, 0.15) is 28.7 Å². The Balaban J connectivity index is 1.13. The topological polar surface area (TPSA) is 145 Å². The van der Waals surface area contributed by atoms with Crippen LogP contribution in [0.4, 0.5) is 14.5 Å². The molecule has 1 aliphatic carbocycles. The molecule has 1 saturated carbocycles. The van der Waals surface area contributed by atoms with E-state index >= 15 is 0 Å². The van der Waals surface area contributed by atoms with Crippen LogP contribution in [0.2, 0.25) is 0 Å². The number of carbonyl (C=O) groups excluding carboxylic acids is 3. The fourth-order valence-electron chi connectivity index (χ4n) is 6.34. The van der Waals surface area contributed by atoms with Gasteiger partial charge in [-0.2, -0.15) is 0 Å². The number of anilines is 1. The van der Waals surface area contributed by atoms with Crippen molar-refractivity contribution >= 4 is 41.1 Å². The lowest BCUT2D eigenvalue weighted by Gasteiger charge is -2.47. The summed E-state index contributed by atoms with van der Waals surface area (Å²) >= 11 is 1.26. The summed E-state index contributed by atoms with van der Waals surface area (Å²) in [4.78, 5) is 51.3. The monoisotopic (exact) mass is 709 g/mol. The second kappa shape index (κ2) is 17.4. The van der Waals surface area contributed by atoms with Crippen molar-refractivity contribution in [3.05, 3.63) is 95.6 Å². The van der Waals surface area contributed by atoms with E-state index in [0.29, 0.717) is 29.3 Å². The molecule has 0 aromatic heterocycles. The third kappa shape index (κ3) is 9.81. The van der Waals surface area contributed by atoms with Crippen LogP contribution in [0.15, 0.2) is 72.8 Å². The number of carboxylic acid groups (broad SMARTS) is 1. The van der Waals surface area contributed by atoms with Crippen molar-refractivity contribution < 1.29 is 42.9 Å². The molecule has 13 heteroatoms. The van der Waals surface area contributed by atoms with Crippen LogP contribution >= 0.6 is 11.8 Å². The van der Waals surface area contributed by atoms with Crippen molar-refractivity contribution in [2.24, 2.45) is 5.92 Å². The maximum absolute atomic E-state index is 13.6. The van der Waals surface area contributed by atoms with Crippen molar-refractivity contribution in [2.45, 2.75) is 68.4 Å². The largest absolute Gasteiger partial charge is 0.484 e. The Morgan fingerprint density at radius 3 is 2.18 bits per heavy atom. The molecule has 3 aromatic rings. The third-order valence-corrected chi connectivity index (χ3v) is 10.4. The maximum Gasteiger partial charge on any atom is 0.326 e. The number of nitrogens with zero attached hydrogens (tertiary/aromatic N) is 1. The number of halogens is 2. The number of aliphatic carboxylic acids is 1. The van der Waals surface area contributed by atoms with Crippen LogP contribution in [0.25, 0.3) is 0 Å². The van der Waals surface area contributed by atoms with Crippen molar-refractivity contribution in [1.29, 1.82) is 0 Å². The number of amides is 3. The van der Waals surface area contributed by atoms with Crippen LogP contribution in [0.5, 0.6) is 5.75 Å². The van der Waals surface area contributed by atoms with Crippen LogP contribution in [-0.4, -0.2) is 64.1 Å². The van der Waals surface area contributed by atoms with E-state index in [-0.39, 0.29) is 18.3 Å². The van der Waals surface area contributed by atoms with Gasteiger partial charge in [0.05, 0.1) is 18.7 Å². The van der Waals surface area contributed by atoms with Gasteiger partial charge in [-0.25, -0.2) is 13.6 Å². The minimum Gasteiger partial charge on any atom is -0.484 e. The van der Waals surface area contributed by atoms with E-state index in [0.717, 1.165) is 37.7 Å². The number of thioether (sulfide) groups is 1. The fourth-order valence-corrected chi connectivity index (χ4v) is 7.63. The summed E-state index contributed by atoms with van der Waals surface area (Å²) in [5, 5.41) is 24.6. The normalized spacial score (nSPS) is 18.9. The van der Waals surface area contributed by atoms with Gasteiger partial charge in [0, 0.05) is 11.4 Å². The van der Waals surface area contributed by atoms with Crippen molar-refractivity contribution in [3.63, 3.8) is 0 Å². The molecule has 0 bridgehead atoms. The van der Waals surface area contributed by atoms with Crippen LogP contribution in [0.1, 0.15) is 68.2 Å². The number of β-lactam (4-membered cyclic amide) rings is 1. The summed E-state index contributed by atoms with van der Waals surface area (Å²) in [5.41, 5.74) is 1.78. The second-order valence-electron chi connectivity index (χ2n) is 12.6. The molecule has 5 rings (SSSR count). The molecular formula is C37H41F2N3O7S. The van der Waals surface area contributed by atoms with Gasteiger partial charge in [-0.15, -0.1) is 11.8 Å². The average molecular weight is 710 g/mol. The number of carbonyl (C=O) groups is 4. The number of hydrogen-bond acceptors (Lipinski definition) is 7. The Hall–Kier alpha value is -4.49.